The van der Waals surface area contributed by atoms with Gasteiger partial charge < -0.3 is 0 Å². The highest BCUT2D eigenvalue weighted by Crippen LogP contribution is 2.36. The van der Waals surface area contributed by atoms with Crippen LogP contribution in [0, 0.1) is 0 Å². The lowest BCUT2D eigenvalue weighted by atomic mass is 10.1. The summed E-state index contributed by atoms with van der Waals surface area (Å²) >= 11 is 1.76. The number of hydrogen-bond donors (Lipinski definition) is 2. The largest absolute Gasteiger partial charge is 0.284 e. The van der Waals surface area contributed by atoms with Crippen LogP contribution in [0.15, 0.2) is 46.5 Å². The Bertz CT molecular complexity index is 668. The van der Waals surface area contributed by atoms with Crippen molar-refractivity contribution in [2.45, 2.75) is 22.3 Å². The smallest absolute Gasteiger partial charge is 0.244 e. The van der Waals surface area contributed by atoms with E-state index in [4.69, 9.17) is 0 Å². The Morgan fingerprint density at radius 1 is 1.37 bits per heavy atom. The second-order valence-corrected chi connectivity index (χ2v) is 7.13. The highest BCUT2D eigenvalue weighted by molar-refractivity contribution is 7.99. The second-order valence-electron chi connectivity index (χ2n) is 4.28. The molecule has 0 aliphatic carbocycles. The predicted octanol–water partition coefficient (Wildman–Crippen LogP) is 1.93. The van der Waals surface area contributed by atoms with Crippen LogP contribution in [0.2, 0.25) is 0 Å². The average Bonchev–Trinajstić information content (AvgIpc) is 2.93. The molecule has 1 aromatic carbocycles. The van der Waals surface area contributed by atoms with Crippen molar-refractivity contribution in [2.24, 2.45) is 0 Å². The number of benzene rings is 1. The van der Waals surface area contributed by atoms with Gasteiger partial charge >= 0.3 is 0 Å². The molecule has 19 heavy (non-hydrogen) atoms. The monoisotopic (exact) mass is 295 g/mol. The first-order chi connectivity index (χ1) is 9.17. The molecule has 1 aromatic heterocycles. The fourth-order valence-corrected chi connectivity index (χ4v) is 4.39. The summed E-state index contributed by atoms with van der Waals surface area (Å²) in [5.41, 5.74) is 1.05. The summed E-state index contributed by atoms with van der Waals surface area (Å²) in [7, 11) is -3.51. The Hall–Kier alpha value is -1.31. The zero-order valence-electron chi connectivity index (χ0n) is 10.0. The molecule has 0 fully saturated rings. The van der Waals surface area contributed by atoms with Crippen LogP contribution in [0.5, 0.6) is 0 Å². The fraction of sp³-hybridized carbons (Fsp3) is 0.250. The Labute approximate surface area is 115 Å². The van der Waals surface area contributed by atoms with Gasteiger partial charge in [0, 0.05) is 17.1 Å². The van der Waals surface area contributed by atoms with E-state index in [0.717, 1.165) is 22.6 Å². The van der Waals surface area contributed by atoms with E-state index in [0.29, 0.717) is 0 Å². The second kappa shape index (κ2) is 4.99. The van der Waals surface area contributed by atoms with Gasteiger partial charge in [0.1, 0.15) is 4.90 Å². The summed E-state index contributed by atoms with van der Waals surface area (Å²) in [6, 6.07) is 7.74. The molecule has 0 radical (unpaired) electrons. The lowest BCUT2D eigenvalue weighted by Gasteiger charge is -2.25. The van der Waals surface area contributed by atoms with Crippen molar-refractivity contribution in [2.75, 3.05) is 5.75 Å². The van der Waals surface area contributed by atoms with Crippen LogP contribution in [0.25, 0.3) is 0 Å². The number of aromatic nitrogens is 2. The first kappa shape index (κ1) is 12.7. The summed E-state index contributed by atoms with van der Waals surface area (Å²) in [5, 5.41) is 6.20. The molecule has 0 saturated carbocycles. The van der Waals surface area contributed by atoms with Gasteiger partial charge in [0.25, 0.3) is 0 Å². The van der Waals surface area contributed by atoms with Crippen LogP contribution in [-0.4, -0.2) is 24.4 Å². The zero-order valence-corrected chi connectivity index (χ0v) is 11.7. The zero-order chi connectivity index (χ0) is 13.3. The van der Waals surface area contributed by atoms with Crippen molar-refractivity contribution < 1.29 is 8.42 Å². The minimum atomic E-state index is -3.51. The van der Waals surface area contributed by atoms with Crippen LogP contribution in [-0.2, 0) is 10.0 Å². The van der Waals surface area contributed by atoms with Crippen LogP contribution < -0.4 is 4.72 Å². The number of hydrogen-bond acceptors (Lipinski definition) is 4. The number of rotatable bonds is 3. The molecule has 1 aliphatic rings. The van der Waals surface area contributed by atoms with E-state index >= 15 is 0 Å². The van der Waals surface area contributed by atoms with E-state index < -0.39 is 10.0 Å². The van der Waals surface area contributed by atoms with Crippen LogP contribution in [0.4, 0.5) is 0 Å². The van der Waals surface area contributed by atoms with E-state index in [2.05, 4.69) is 14.9 Å². The molecule has 0 amide bonds. The maximum Gasteiger partial charge on any atom is 0.244 e. The van der Waals surface area contributed by atoms with Crippen molar-refractivity contribution in [1.29, 1.82) is 0 Å². The third kappa shape index (κ3) is 2.54. The Morgan fingerprint density at radius 3 is 3.00 bits per heavy atom. The van der Waals surface area contributed by atoms with Crippen molar-refractivity contribution in [3.05, 3.63) is 42.2 Å². The molecular formula is C12H13N3O2S2. The third-order valence-corrected chi connectivity index (χ3v) is 5.60. The molecule has 2 N–H and O–H groups in total. The van der Waals surface area contributed by atoms with Gasteiger partial charge in [-0.3, -0.25) is 5.10 Å². The number of sulfonamides is 1. The van der Waals surface area contributed by atoms with Gasteiger partial charge in [-0.2, -0.15) is 5.10 Å². The minimum Gasteiger partial charge on any atom is -0.284 e. The fourth-order valence-electron chi connectivity index (χ4n) is 2.11. The molecule has 0 unspecified atom stereocenters. The van der Waals surface area contributed by atoms with Gasteiger partial charge in [-0.25, -0.2) is 13.1 Å². The SMILES string of the molecule is O=S(=O)(N[C@H]1CCSc2ccccc21)c1cn[nH]c1. The van der Waals surface area contributed by atoms with Gasteiger partial charge in [-0.1, -0.05) is 18.2 Å². The van der Waals surface area contributed by atoms with E-state index in [1.54, 1.807) is 11.8 Å². The number of H-pyrrole nitrogens is 1. The Balaban J connectivity index is 1.90. The molecule has 0 bridgehead atoms. The first-order valence-electron chi connectivity index (χ1n) is 5.90. The average molecular weight is 295 g/mol. The van der Waals surface area contributed by atoms with Crippen molar-refractivity contribution in [3.8, 4) is 0 Å². The molecule has 0 saturated heterocycles. The Kier molecular flexibility index (Phi) is 3.34. The predicted molar refractivity (Wildman–Crippen MR) is 73.4 cm³/mol. The normalized spacial score (nSPS) is 19.1. The number of fused-ring (bicyclic) bond motifs is 1. The molecule has 0 spiro atoms. The van der Waals surface area contributed by atoms with Gasteiger partial charge in [-0.05, 0) is 23.8 Å². The van der Waals surface area contributed by atoms with E-state index in [1.807, 2.05) is 24.3 Å². The van der Waals surface area contributed by atoms with Crippen LogP contribution in [0.1, 0.15) is 18.0 Å². The molecule has 1 atom stereocenters. The summed E-state index contributed by atoms with van der Waals surface area (Å²) in [4.78, 5) is 1.32. The minimum absolute atomic E-state index is 0.169. The maximum absolute atomic E-state index is 12.2. The van der Waals surface area contributed by atoms with Crippen molar-refractivity contribution in [3.63, 3.8) is 0 Å². The molecule has 1 aliphatic heterocycles. The van der Waals surface area contributed by atoms with E-state index in [-0.39, 0.29) is 10.9 Å². The molecule has 2 aromatic rings. The topological polar surface area (TPSA) is 74.8 Å². The molecule has 7 heteroatoms. The molecule has 100 valence electrons. The number of nitrogens with one attached hydrogen (secondary N) is 2. The number of aromatic amines is 1. The molecular weight excluding hydrogens is 282 g/mol. The lowest BCUT2D eigenvalue weighted by molar-refractivity contribution is 0.546. The lowest BCUT2D eigenvalue weighted by Crippen LogP contribution is -2.30. The summed E-state index contributed by atoms with van der Waals surface area (Å²) in [6.45, 7) is 0. The van der Waals surface area contributed by atoms with Crippen LogP contribution in [0.3, 0.4) is 0 Å². The van der Waals surface area contributed by atoms with Gasteiger partial charge in [0.2, 0.25) is 10.0 Å². The molecule has 3 rings (SSSR count). The van der Waals surface area contributed by atoms with Gasteiger partial charge in [0.05, 0.1) is 6.20 Å². The quantitative estimate of drug-likeness (QED) is 0.907. The van der Waals surface area contributed by atoms with Crippen LogP contribution >= 0.6 is 11.8 Å². The highest BCUT2D eigenvalue weighted by Gasteiger charge is 2.26. The van der Waals surface area contributed by atoms with Gasteiger partial charge in [-0.15, -0.1) is 11.8 Å². The number of nitrogens with zero attached hydrogens (tertiary/aromatic N) is 1. The third-order valence-electron chi connectivity index (χ3n) is 3.04. The van der Waals surface area contributed by atoms with Gasteiger partial charge in [0.15, 0.2) is 0 Å². The highest BCUT2D eigenvalue weighted by atomic mass is 32.2. The van der Waals surface area contributed by atoms with Crippen molar-refractivity contribution >= 4 is 21.8 Å². The standard InChI is InChI=1S/C12H13N3O2S2/c16-19(17,9-7-13-14-8-9)15-11-5-6-18-12-4-2-1-3-10(11)12/h1-4,7-8,11,15H,5-6H2,(H,13,14)/t11-/m0/s1. The Morgan fingerprint density at radius 2 is 2.21 bits per heavy atom. The summed E-state index contributed by atoms with van der Waals surface area (Å²) < 4.78 is 27.1. The van der Waals surface area contributed by atoms with E-state index in [1.165, 1.54) is 12.4 Å². The summed E-state index contributed by atoms with van der Waals surface area (Å²) in [6.07, 6.45) is 3.48. The molecule has 5 nitrogen and oxygen atoms in total. The van der Waals surface area contributed by atoms with Crippen molar-refractivity contribution in [1.82, 2.24) is 14.9 Å². The first-order valence-corrected chi connectivity index (χ1v) is 8.36. The summed E-state index contributed by atoms with van der Waals surface area (Å²) in [5.74, 6) is 0.912. The number of thioether (sulfide) groups is 1. The van der Waals surface area contributed by atoms with E-state index in [9.17, 15) is 8.42 Å². The maximum atomic E-state index is 12.2. The molecule has 2 heterocycles.